The predicted molar refractivity (Wildman–Crippen MR) is 77.3 cm³/mol. The molecule has 0 spiro atoms. The van der Waals surface area contributed by atoms with Crippen LogP contribution < -0.4 is 5.73 Å². The van der Waals surface area contributed by atoms with E-state index >= 15 is 0 Å². The molecule has 0 aliphatic heterocycles. The molecule has 2 N–H and O–H groups in total. The lowest BCUT2D eigenvalue weighted by Crippen LogP contribution is -2.17. The van der Waals surface area contributed by atoms with Gasteiger partial charge < -0.3 is 5.73 Å². The van der Waals surface area contributed by atoms with E-state index in [4.69, 9.17) is 5.73 Å². The van der Waals surface area contributed by atoms with Crippen LogP contribution in [0.1, 0.15) is 23.9 Å². The van der Waals surface area contributed by atoms with Crippen molar-refractivity contribution in [3.63, 3.8) is 0 Å². The maximum atomic E-state index is 5.82. The van der Waals surface area contributed by atoms with Gasteiger partial charge in [-0.2, -0.15) is 4.37 Å². The second kappa shape index (κ2) is 5.82. The number of rotatable bonds is 4. The summed E-state index contributed by atoms with van der Waals surface area (Å²) in [5, 5.41) is 0. The first kappa shape index (κ1) is 13.5. The van der Waals surface area contributed by atoms with Gasteiger partial charge >= 0.3 is 0 Å². The minimum atomic E-state index is 0.203. The molecule has 0 aliphatic carbocycles. The number of hydrogen-bond donors (Lipinski definition) is 1. The number of aromatic nitrogens is 2. The summed E-state index contributed by atoms with van der Waals surface area (Å²) < 4.78 is 5.19. The van der Waals surface area contributed by atoms with E-state index in [9.17, 15) is 0 Å². The molecule has 0 fully saturated rings. The van der Waals surface area contributed by atoms with Gasteiger partial charge in [-0.05, 0) is 55.9 Å². The zero-order chi connectivity index (χ0) is 13.1. The molecule has 0 saturated heterocycles. The van der Waals surface area contributed by atoms with Gasteiger partial charge in [-0.1, -0.05) is 23.9 Å². The van der Waals surface area contributed by atoms with Crippen LogP contribution in [0, 0.1) is 13.8 Å². The Bertz CT molecular complexity index is 535. The molecule has 0 amide bonds. The molecular weight excluding hydrogens is 262 g/mol. The highest BCUT2D eigenvalue weighted by atomic mass is 32.2. The summed E-state index contributed by atoms with van der Waals surface area (Å²) in [6, 6.07) is 6.70. The molecule has 2 rings (SSSR count). The second-order valence-electron chi connectivity index (χ2n) is 4.49. The molecule has 1 atom stereocenters. The molecule has 1 heterocycles. The zero-order valence-corrected chi connectivity index (χ0v) is 12.4. The Balaban J connectivity index is 2.14. The van der Waals surface area contributed by atoms with E-state index in [2.05, 4.69) is 34.5 Å². The molecule has 1 aromatic carbocycles. The largest absolute Gasteiger partial charge is 0.328 e. The summed E-state index contributed by atoms with van der Waals surface area (Å²) in [6.45, 7) is 6.07. The van der Waals surface area contributed by atoms with Crippen molar-refractivity contribution in [1.82, 2.24) is 9.36 Å². The molecule has 1 aromatic heterocycles. The average Bonchev–Trinajstić information content (AvgIpc) is 2.67. The van der Waals surface area contributed by atoms with Crippen molar-refractivity contribution in [2.24, 2.45) is 5.73 Å². The first-order valence-electron chi connectivity index (χ1n) is 5.88. The van der Waals surface area contributed by atoms with Crippen molar-refractivity contribution in [2.45, 2.75) is 42.5 Å². The normalized spacial score (nSPS) is 12.7. The molecule has 2 aromatic rings. The van der Waals surface area contributed by atoms with E-state index in [0.29, 0.717) is 0 Å². The van der Waals surface area contributed by atoms with Crippen LogP contribution in [-0.2, 0) is 6.42 Å². The van der Waals surface area contributed by atoms with Gasteiger partial charge in [-0.25, -0.2) is 4.98 Å². The smallest absolute Gasteiger partial charge is 0.174 e. The van der Waals surface area contributed by atoms with Crippen molar-refractivity contribution >= 4 is 23.3 Å². The Morgan fingerprint density at radius 2 is 2.17 bits per heavy atom. The molecule has 1 unspecified atom stereocenters. The summed E-state index contributed by atoms with van der Waals surface area (Å²) in [7, 11) is 0. The number of benzene rings is 1. The van der Waals surface area contributed by atoms with Crippen LogP contribution in [0.4, 0.5) is 0 Å². The summed E-state index contributed by atoms with van der Waals surface area (Å²) in [5.74, 6) is 0.841. The molecule has 3 nitrogen and oxygen atoms in total. The Labute approximate surface area is 116 Å². The van der Waals surface area contributed by atoms with E-state index in [1.54, 1.807) is 11.8 Å². The third-order valence-corrected chi connectivity index (χ3v) is 4.52. The summed E-state index contributed by atoms with van der Waals surface area (Å²) in [6.07, 6.45) is 0.920. The van der Waals surface area contributed by atoms with Gasteiger partial charge in [0.2, 0.25) is 0 Å². The Morgan fingerprint density at radius 3 is 2.72 bits per heavy atom. The highest BCUT2D eigenvalue weighted by molar-refractivity contribution is 8.01. The van der Waals surface area contributed by atoms with Crippen LogP contribution in [0.25, 0.3) is 0 Å². The molecule has 0 radical (unpaired) electrons. The van der Waals surface area contributed by atoms with Crippen molar-refractivity contribution in [3.05, 3.63) is 35.2 Å². The van der Waals surface area contributed by atoms with Crippen LogP contribution >= 0.6 is 23.3 Å². The number of nitrogens with two attached hydrogens (primary N) is 1. The van der Waals surface area contributed by atoms with Gasteiger partial charge in [0.25, 0.3) is 0 Å². The predicted octanol–water partition coefficient (Wildman–Crippen LogP) is 3.20. The Hall–Kier alpha value is -0.910. The molecule has 0 bridgehead atoms. The summed E-state index contributed by atoms with van der Waals surface area (Å²) in [4.78, 5) is 5.60. The molecule has 18 heavy (non-hydrogen) atoms. The molecular formula is C13H17N3S2. The minimum absolute atomic E-state index is 0.203. The van der Waals surface area contributed by atoms with E-state index < -0.39 is 0 Å². The third-order valence-electron chi connectivity index (χ3n) is 2.50. The standard InChI is InChI=1S/C13H17N3S2/c1-8-6-11(7-9(2)14)4-5-12(8)17-13-15-10(3)16-18-13/h4-6,9H,7,14H2,1-3H3. The highest BCUT2D eigenvalue weighted by Crippen LogP contribution is 2.31. The van der Waals surface area contributed by atoms with Gasteiger partial charge in [0.1, 0.15) is 5.82 Å². The van der Waals surface area contributed by atoms with E-state index in [1.807, 2.05) is 13.8 Å². The van der Waals surface area contributed by atoms with Crippen LogP contribution in [0.2, 0.25) is 0 Å². The maximum absolute atomic E-state index is 5.82. The first-order chi connectivity index (χ1) is 8.54. The topological polar surface area (TPSA) is 51.8 Å². The van der Waals surface area contributed by atoms with E-state index in [1.165, 1.54) is 27.6 Å². The van der Waals surface area contributed by atoms with Gasteiger partial charge in [0.15, 0.2) is 4.34 Å². The summed E-state index contributed by atoms with van der Waals surface area (Å²) in [5.41, 5.74) is 8.38. The second-order valence-corrected chi connectivity index (χ2v) is 6.53. The van der Waals surface area contributed by atoms with Crippen molar-refractivity contribution < 1.29 is 0 Å². The van der Waals surface area contributed by atoms with Gasteiger partial charge in [-0.3, -0.25) is 0 Å². The number of hydrogen-bond acceptors (Lipinski definition) is 5. The fraction of sp³-hybridized carbons (Fsp3) is 0.385. The lowest BCUT2D eigenvalue weighted by Gasteiger charge is -2.08. The molecule has 5 heteroatoms. The third kappa shape index (κ3) is 3.54. The lowest BCUT2D eigenvalue weighted by molar-refractivity contribution is 0.737. The van der Waals surface area contributed by atoms with Gasteiger partial charge in [0, 0.05) is 10.9 Å². The van der Waals surface area contributed by atoms with Crippen LogP contribution in [0.5, 0.6) is 0 Å². The fourth-order valence-corrected chi connectivity index (χ4v) is 3.41. The van der Waals surface area contributed by atoms with E-state index in [0.717, 1.165) is 16.6 Å². The van der Waals surface area contributed by atoms with Gasteiger partial charge in [0.05, 0.1) is 0 Å². The average molecular weight is 279 g/mol. The van der Waals surface area contributed by atoms with Crippen LogP contribution in [0.15, 0.2) is 27.4 Å². The van der Waals surface area contributed by atoms with Crippen molar-refractivity contribution in [1.29, 1.82) is 0 Å². The highest BCUT2D eigenvalue weighted by Gasteiger charge is 2.07. The fourth-order valence-electron chi connectivity index (χ4n) is 1.74. The van der Waals surface area contributed by atoms with Crippen LogP contribution in [-0.4, -0.2) is 15.4 Å². The minimum Gasteiger partial charge on any atom is -0.328 e. The quantitative estimate of drug-likeness (QED) is 0.934. The maximum Gasteiger partial charge on any atom is 0.174 e. The van der Waals surface area contributed by atoms with Crippen molar-refractivity contribution in [2.75, 3.05) is 0 Å². The SMILES string of the molecule is Cc1nsc(Sc2ccc(CC(C)N)cc2C)n1. The van der Waals surface area contributed by atoms with Crippen LogP contribution in [0.3, 0.4) is 0 Å². The van der Waals surface area contributed by atoms with Gasteiger partial charge in [-0.15, -0.1) is 0 Å². The first-order valence-corrected chi connectivity index (χ1v) is 7.47. The summed E-state index contributed by atoms with van der Waals surface area (Å²) >= 11 is 3.13. The Morgan fingerprint density at radius 1 is 1.39 bits per heavy atom. The Kier molecular flexibility index (Phi) is 4.37. The zero-order valence-electron chi connectivity index (χ0n) is 10.8. The number of nitrogens with zero attached hydrogens (tertiary/aromatic N) is 2. The number of aryl methyl sites for hydroxylation is 2. The lowest BCUT2D eigenvalue weighted by atomic mass is 10.1. The van der Waals surface area contributed by atoms with E-state index in [-0.39, 0.29) is 6.04 Å². The molecule has 0 aliphatic rings. The molecule has 0 saturated carbocycles. The molecule has 96 valence electrons. The monoisotopic (exact) mass is 279 g/mol. The van der Waals surface area contributed by atoms with Crippen molar-refractivity contribution in [3.8, 4) is 0 Å².